The Bertz CT molecular complexity index is 531. The molecule has 94 valence electrons. The van der Waals surface area contributed by atoms with E-state index in [1.54, 1.807) is 4.83 Å². The summed E-state index contributed by atoms with van der Waals surface area (Å²) in [5.41, 5.74) is 1.91. The molecule has 0 radical (unpaired) electrons. The molecule has 17 heavy (non-hydrogen) atoms. The van der Waals surface area contributed by atoms with Gasteiger partial charge in [0.05, 0.1) is 4.90 Å². The van der Waals surface area contributed by atoms with E-state index >= 15 is 0 Å². The second-order valence-corrected chi connectivity index (χ2v) is 4.77. The minimum Gasteiger partial charge on any atom is -0.278 e. The summed E-state index contributed by atoms with van der Waals surface area (Å²) in [6.45, 7) is 1.53. The fourth-order valence-corrected chi connectivity index (χ4v) is 1.79. The van der Waals surface area contributed by atoms with Gasteiger partial charge in [-0.1, -0.05) is 6.92 Å². The van der Waals surface area contributed by atoms with Crippen molar-refractivity contribution >= 4 is 15.9 Å². The summed E-state index contributed by atoms with van der Waals surface area (Å²) in [5.74, 6) is -2.98. The number of carbonyl (C=O) groups excluding carboxylic acids is 1. The summed E-state index contributed by atoms with van der Waals surface area (Å²) >= 11 is 0. The zero-order chi connectivity index (χ0) is 13.1. The topological polar surface area (TPSA) is 75.3 Å². The van der Waals surface area contributed by atoms with Gasteiger partial charge in [0.15, 0.2) is 11.6 Å². The molecule has 1 aromatic rings. The molecule has 0 fully saturated rings. The summed E-state index contributed by atoms with van der Waals surface area (Å²) in [6.07, 6.45) is 0.0836. The Morgan fingerprint density at radius 1 is 1.29 bits per heavy atom. The molecule has 0 atom stereocenters. The largest absolute Gasteiger partial charge is 0.278 e. The molecule has 8 heteroatoms. The van der Waals surface area contributed by atoms with Gasteiger partial charge in [-0.25, -0.2) is 17.2 Å². The summed E-state index contributed by atoms with van der Waals surface area (Å²) in [5, 5.41) is 0. The SMILES string of the molecule is CCC(=O)NNS(=O)(=O)c1ccc(F)c(F)c1. The standard InChI is InChI=1S/C9H10F2N2O3S/c1-2-9(14)12-13-17(15,16)6-3-4-7(10)8(11)5-6/h3-5,13H,2H2,1H3,(H,12,14). The lowest BCUT2D eigenvalue weighted by atomic mass is 10.3. The van der Waals surface area contributed by atoms with Crippen LogP contribution in [0, 0.1) is 11.6 Å². The molecule has 0 bridgehead atoms. The normalized spacial score (nSPS) is 11.2. The van der Waals surface area contributed by atoms with Crippen molar-refractivity contribution in [2.24, 2.45) is 0 Å². The smallest absolute Gasteiger partial charge is 0.257 e. The third kappa shape index (κ3) is 3.46. The molecule has 1 aromatic carbocycles. The fourth-order valence-electron chi connectivity index (χ4n) is 0.915. The number of hydrazine groups is 1. The highest BCUT2D eigenvalue weighted by molar-refractivity contribution is 7.89. The quantitative estimate of drug-likeness (QED) is 0.785. The Hall–Kier alpha value is -1.54. The minimum absolute atomic E-state index is 0.0836. The summed E-state index contributed by atoms with van der Waals surface area (Å²) in [4.78, 5) is 12.1. The van der Waals surface area contributed by atoms with Gasteiger partial charge in [0, 0.05) is 6.42 Å². The van der Waals surface area contributed by atoms with Gasteiger partial charge >= 0.3 is 0 Å². The van der Waals surface area contributed by atoms with Crippen LogP contribution in [-0.2, 0) is 14.8 Å². The summed E-state index contributed by atoms with van der Waals surface area (Å²) in [6, 6.07) is 2.10. The van der Waals surface area contributed by atoms with E-state index in [1.807, 2.05) is 5.43 Å². The van der Waals surface area contributed by atoms with Gasteiger partial charge in [0.25, 0.3) is 10.0 Å². The fraction of sp³-hybridized carbons (Fsp3) is 0.222. The van der Waals surface area contributed by atoms with Crippen LogP contribution < -0.4 is 10.3 Å². The maximum absolute atomic E-state index is 12.8. The van der Waals surface area contributed by atoms with Crippen LogP contribution in [0.1, 0.15) is 13.3 Å². The van der Waals surface area contributed by atoms with Crippen molar-refractivity contribution in [2.75, 3.05) is 0 Å². The molecule has 0 aliphatic rings. The molecular formula is C9H10F2N2O3S. The lowest BCUT2D eigenvalue weighted by Gasteiger charge is -2.07. The van der Waals surface area contributed by atoms with E-state index in [9.17, 15) is 22.0 Å². The predicted octanol–water partition coefficient (Wildman–Crippen LogP) is 0.684. The van der Waals surface area contributed by atoms with Crippen molar-refractivity contribution in [1.29, 1.82) is 0 Å². The highest BCUT2D eigenvalue weighted by atomic mass is 32.2. The molecule has 0 spiro atoms. The average Bonchev–Trinajstić information content (AvgIpc) is 2.29. The molecule has 0 unspecified atom stereocenters. The number of rotatable bonds is 4. The molecule has 0 aromatic heterocycles. The Morgan fingerprint density at radius 3 is 2.47 bits per heavy atom. The number of hydrogen-bond donors (Lipinski definition) is 2. The molecule has 1 amide bonds. The van der Waals surface area contributed by atoms with Gasteiger partial charge < -0.3 is 0 Å². The van der Waals surface area contributed by atoms with Gasteiger partial charge in [0.1, 0.15) is 0 Å². The van der Waals surface area contributed by atoms with Crippen LogP contribution in [0.4, 0.5) is 8.78 Å². The molecule has 5 nitrogen and oxygen atoms in total. The van der Waals surface area contributed by atoms with E-state index < -0.39 is 32.5 Å². The highest BCUT2D eigenvalue weighted by Crippen LogP contribution is 2.12. The number of halogens is 2. The highest BCUT2D eigenvalue weighted by Gasteiger charge is 2.16. The molecular weight excluding hydrogens is 254 g/mol. The first-order valence-corrected chi connectivity index (χ1v) is 6.11. The molecule has 0 saturated heterocycles. The van der Waals surface area contributed by atoms with Crippen molar-refractivity contribution in [3.8, 4) is 0 Å². The van der Waals surface area contributed by atoms with Crippen LogP contribution in [0.25, 0.3) is 0 Å². The summed E-state index contributed by atoms with van der Waals surface area (Å²) in [7, 11) is -4.09. The molecule has 0 saturated carbocycles. The average molecular weight is 264 g/mol. The van der Waals surface area contributed by atoms with E-state index in [4.69, 9.17) is 0 Å². The van der Waals surface area contributed by atoms with Gasteiger partial charge in [-0.15, -0.1) is 4.83 Å². The van der Waals surface area contributed by atoms with Crippen LogP contribution in [0.2, 0.25) is 0 Å². The number of nitrogens with one attached hydrogen (secondary N) is 2. The Balaban J connectivity index is 2.90. The number of hydrogen-bond acceptors (Lipinski definition) is 3. The molecule has 0 aliphatic heterocycles. The second-order valence-electron chi connectivity index (χ2n) is 3.08. The van der Waals surface area contributed by atoms with Crippen LogP contribution >= 0.6 is 0 Å². The van der Waals surface area contributed by atoms with Crippen LogP contribution in [-0.4, -0.2) is 14.3 Å². The van der Waals surface area contributed by atoms with E-state index in [0.717, 1.165) is 6.07 Å². The molecule has 2 N–H and O–H groups in total. The predicted molar refractivity (Wildman–Crippen MR) is 55.1 cm³/mol. The van der Waals surface area contributed by atoms with Gasteiger partial charge in [0.2, 0.25) is 5.91 Å². The van der Waals surface area contributed by atoms with Crippen molar-refractivity contribution in [2.45, 2.75) is 18.2 Å². The molecule has 0 aliphatic carbocycles. The van der Waals surface area contributed by atoms with Gasteiger partial charge in [-0.3, -0.25) is 10.2 Å². The van der Waals surface area contributed by atoms with Crippen molar-refractivity contribution in [3.63, 3.8) is 0 Å². The first-order chi connectivity index (χ1) is 7.86. The zero-order valence-electron chi connectivity index (χ0n) is 8.83. The maximum atomic E-state index is 12.8. The van der Waals surface area contributed by atoms with Crippen LogP contribution in [0.15, 0.2) is 23.1 Å². The number of benzene rings is 1. The molecule has 0 heterocycles. The lowest BCUT2D eigenvalue weighted by Crippen LogP contribution is -2.41. The van der Waals surface area contributed by atoms with Crippen molar-refractivity contribution in [3.05, 3.63) is 29.8 Å². The first kappa shape index (κ1) is 13.5. The van der Waals surface area contributed by atoms with Crippen molar-refractivity contribution < 1.29 is 22.0 Å². The van der Waals surface area contributed by atoms with Crippen LogP contribution in [0.3, 0.4) is 0 Å². The maximum Gasteiger partial charge on any atom is 0.257 e. The lowest BCUT2D eigenvalue weighted by molar-refractivity contribution is -0.121. The zero-order valence-corrected chi connectivity index (χ0v) is 9.64. The molecule has 1 rings (SSSR count). The Kier molecular flexibility index (Phi) is 4.13. The van der Waals surface area contributed by atoms with E-state index in [1.165, 1.54) is 6.92 Å². The Morgan fingerprint density at radius 2 is 1.94 bits per heavy atom. The second kappa shape index (κ2) is 5.19. The minimum atomic E-state index is -4.09. The van der Waals surface area contributed by atoms with Crippen molar-refractivity contribution in [1.82, 2.24) is 10.3 Å². The van der Waals surface area contributed by atoms with Gasteiger partial charge in [-0.05, 0) is 18.2 Å². The van der Waals surface area contributed by atoms with E-state index in [-0.39, 0.29) is 6.42 Å². The number of carbonyl (C=O) groups is 1. The monoisotopic (exact) mass is 264 g/mol. The number of sulfonamides is 1. The van der Waals surface area contributed by atoms with E-state index in [2.05, 4.69) is 0 Å². The van der Waals surface area contributed by atoms with Crippen LogP contribution in [0.5, 0.6) is 0 Å². The van der Waals surface area contributed by atoms with E-state index in [0.29, 0.717) is 12.1 Å². The third-order valence-electron chi connectivity index (χ3n) is 1.85. The number of amides is 1. The van der Waals surface area contributed by atoms with Gasteiger partial charge in [-0.2, -0.15) is 0 Å². The summed E-state index contributed by atoms with van der Waals surface area (Å²) < 4.78 is 48.4. The Labute approximate surface area is 96.8 Å². The first-order valence-electron chi connectivity index (χ1n) is 4.62. The third-order valence-corrected chi connectivity index (χ3v) is 3.09.